The van der Waals surface area contributed by atoms with Crippen LogP contribution in [0.15, 0.2) is 96.1 Å². The van der Waals surface area contributed by atoms with Crippen LogP contribution in [0, 0.1) is 6.92 Å². The van der Waals surface area contributed by atoms with Crippen LogP contribution in [0.2, 0.25) is 5.02 Å². The molecule has 6 nitrogen and oxygen atoms in total. The summed E-state index contributed by atoms with van der Waals surface area (Å²) in [5.74, 6) is 1.52. The van der Waals surface area contributed by atoms with Crippen molar-refractivity contribution in [1.29, 1.82) is 0 Å². The van der Waals surface area contributed by atoms with E-state index in [1.807, 2.05) is 61.5 Å². The lowest BCUT2D eigenvalue weighted by Gasteiger charge is -2.11. The van der Waals surface area contributed by atoms with Crippen LogP contribution < -0.4 is 19.6 Å². The van der Waals surface area contributed by atoms with Gasteiger partial charge in [-0.05, 0) is 78.2 Å². The van der Waals surface area contributed by atoms with E-state index >= 15 is 0 Å². The van der Waals surface area contributed by atoms with Gasteiger partial charge in [0.1, 0.15) is 19.0 Å². The number of benzene rings is 4. The molecule has 0 bridgehead atoms. The van der Waals surface area contributed by atoms with Gasteiger partial charge in [0, 0.05) is 10.6 Å². The summed E-state index contributed by atoms with van der Waals surface area (Å²) in [4.78, 5) is 12.5. The molecule has 4 rings (SSSR count). The molecule has 1 amide bonds. The SMILES string of the molecule is COc1cc(/C=N/NC(=O)c2ccc(OCc3ccc(C)cc3)cc2)ccc1OCc1ccc(Cl)cc1. The summed E-state index contributed by atoms with van der Waals surface area (Å²) in [6.45, 7) is 2.89. The van der Waals surface area contributed by atoms with E-state index in [9.17, 15) is 4.79 Å². The molecule has 0 fully saturated rings. The molecule has 188 valence electrons. The van der Waals surface area contributed by atoms with Gasteiger partial charge >= 0.3 is 0 Å². The van der Waals surface area contributed by atoms with Gasteiger partial charge in [0.15, 0.2) is 11.5 Å². The van der Waals surface area contributed by atoms with Gasteiger partial charge in [-0.25, -0.2) is 5.43 Å². The molecule has 0 aliphatic carbocycles. The molecule has 7 heteroatoms. The first-order valence-electron chi connectivity index (χ1n) is 11.7. The Bertz CT molecular complexity index is 1350. The van der Waals surface area contributed by atoms with E-state index in [1.54, 1.807) is 49.7 Å². The van der Waals surface area contributed by atoms with Crippen molar-refractivity contribution in [3.63, 3.8) is 0 Å². The second kappa shape index (κ2) is 12.6. The van der Waals surface area contributed by atoms with Crippen molar-refractivity contribution in [2.45, 2.75) is 20.1 Å². The van der Waals surface area contributed by atoms with Crippen LogP contribution in [-0.2, 0) is 13.2 Å². The smallest absolute Gasteiger partial charge is 0.271 e. The minimum Gasteiger partial charge on any atom is -0.493 e. The third-order valence-electron chi connectivity index (χ3n) is 5.52. The zero-order chi connectivity index (χ0) is 26.0. The maximum absolute atomic E-state index is 12.5. The van der Waals surface area contributed by atoms with Gasteiger partial charge in [0.25, 0.3) is 5.91 Å². The molecule has 1 N–H and O–H groups in total. The molecule has 37 heavy (non-hydrogen) atoms. The average molecular weight is 515 g/mol. The van der Waals surface area contributed by atoms with Gasteiger partial charge in [0.2, 0.25) is 0 Å². The highest BCUT2D eigenvalue weighted by Crippen LogP contribution is 2.28. The first-order chi connectivity index (χ1) is 18.0. The summed E-state index contributed by atoms with van der Waals surface area (Å²) in [6.07, 6.45) is 1.54. The Morgan fingerprint density at radius 3 is 2.16 bits per heavy atom. The fourth-order valence-electron chi connectivity index (χ4n) is 3.41. The van der Waals surface area contributed by atoms with E-state index in [1.165, 1.54) is 5.56 Å². The fraction of sp³-hybridized carbons (Fsp3) is 0.133. The van der Waals surface area contributed by atoms with Gasteiger partial charge in [-0.2, -0.15) is 5.10 Å². The fourth-order valence-corrected chi connectivity index (χ4v) is 3.53. The van der Waals surface area contributed by atoms with Crippen LogP contribution in [0.3, 0.4) is 0 Å². The average Bonchev–Trinajstić information content (AvgIpc) is 2.93. The first kappa shape index (κ1) is 25.8. The molecule has 0 unspecified atom stereocenters. The summed E-state index contributed by atoms with van der Waals surface area (Å²) in [6, 6.07) is 28.0. The number of carbonyl (C=O) groups excluding carboxylic acids is 1. The first-order valence-corrected chi connectivity index (χ1v) is 12.0. The Hall–Kier alpha value is -4.29. The monoisotopic (exact) mass is 514 g/mol. The predicted octanol–water partition coefficient (Wildman–Crippen LogP) is 6.58. The zero-order valence-electron chi connectivity index (χ0n) is 20.6. The molecule has 0 heterocycles. The number of hydrogen-bond acceptors (Lipinski definition) is 5. The molecular weight excluding hydrogens is 488 g/mol. The quantitative estimate of drug-likeness (QED) is 0.192. The lowest BCUT2D eigenvalue weighted by molar-refractivity contribution is 0.0955. The summed E-state index contributed by atoms with van der Waals surface area (Å²) in [5, 5.41) is 4.74. The van der Waals surface area contributed by atoms with Crippen molar-refractivity contribution < 1.29 is 19.0 Å². The second-order valence-corrected chi connectivity index (χ2v) is 8.76. The van der Waals surface area contributed by atoms with E-state index in [2.05, 4.69) is 10.5 Å². The number of ether oxygens (including phenoxy) is 3. The van der Waals surface area contributed by atoms with E-state index in [4.69, 9.17) is 25.8 Å². The van der Waals surface area contributed by atoms with E-state index in [-0.39, 0.29) is 5.91 Å². The summed E-state index contributed by atoms with van der Waals surface area (Å²) in [7, 11) is 1.57. The molecule has 0 atom stereocenters. The predicted molar refractivity (Wildman–Crippen MR) is 146 cm³/mol. The van der Waals surface area contributed by atoms with Crippen LogP contribution in [0.25, 0.3) is 0 Å². The highest BCUT2D eigenvalue weighted by atomic mass is 35.5. The van der Waals surface area contributed by atoms with Gasteiger partial charge in [-0.1, -0.05) is 53.6 Å². The standard InChI is InChI=1S/C30H27ClN2O4/c1-21-3-5-22(6-4-21)19-36-27-14-10-25(11-15-27)30(34)33-32-18-24-9-16-28(29(17-24)35-2)37-20-23-7-12-26(31)13-8-23/h3-18H,19-20H2,1-2H3,(H,33,34)/b32-18+. The van der Waals surface area contributed by atoms with E-state index in [0.717, 1.165) is 16.7 Å². The Morgan fingerprint density at radius 2 is 1.49 bits per heavy atom. The zero-order valence-corrected chi connectivity index (χ0v) is 21.4. The Morgan fingerprint density at radius 1 is 0.838 bits per heavy atom. The van der Waals surface area contributed by atoms with Crippen LogP contribution >= 0.6 is 11.6 Å². The highest BCUT2D eigenvalue weighted by Gasteiger charge is 2.07. The van der Waals surface area contributed by atoms with Crippen molar-refractivity contribution in [3.8, 4) is 17.2 Å². The van der Waals surface area contributed by atoms with Crippen molar-refractivity contribution in [2.75, 3.05) is 7.11 Å². The molecule has 0 saturated carbocycles. The molecule has 0 aliphatic heterocycles. The molecule has 0 aromatic heterocycles. The van der Waals surface area contributed by atoms with Gasteiger partial charge in [-0.3, -0.25) is 4.79 Å². The maximum Gasteiger partial charge on any atom is 0.271 e. The molecule has 0 radical (unpaired) electrons. The molecule has 0 spiro atoms. The summed E-state index contributed by atoms with van der Waals surface area (Å²) < 4.78 is 17.1. The third-order valence-corrected chi connectivity index (χ3v) is 5.77. The number of halogens is 1. The largest absolute Gasteiger partial charge is 0.493 e. The van der Waals surface area contributed by atoms with Crippen LogP contribution in [0.4, 0.5) is 0 Å². The van der Waals surface area contributed by atoms with E-state index < -0.39 is 0 Å². The van der Waals surface area contributed by atoms with Gasteiger partial charge in [0.05, 0.1) is 13.3 Å². The van der Waals surface area contributed by atoms with Crippen molar-refractivity contribution >= 4 is 23.7 Å². The number of aryl methyl sites for hydroxylation is 1. The van der Waals surface area contributed by atoms with Crippen LogP contribution in [-0.4, -0.2) is 19.2 Å². The summed E-state index contributed by atoms with van der Waals surface area (Å²) >= 11 is 5.93. The van der Waals surface area contributed by atoms with Crippen LogP contribution in [0.1, 0.15) is 32.6 Å². The molecule has 0 aliphatic rings. The number of hydrogen-bond donors (Lipinski definition) is 1. The molecular formula is C30H27ClN2O4. The number of hydrazone groups is 1. The minimum absolute atomic E-state index is 0.323. The Labute approximate surface area is 221 Å². The number of methoxy groups -OCH3 is 1. The topological polar surface area (TPSA) is 69.2 Å². The van der Waals surface area contributed by atoms with Gasteiger partial charge < -0.3 is 14.2 Å². The lowest BCUT2D eigenvalue weighted by atomic mass is 10.2. The second-order valence-electron chi connectivity index (χ2n) is 8.32. The van der Waals surface area contributed by atoms with Crippen molar-refractivity contribution in [2.24, 2.45) is 5.10 Å². The molecule has 4 aromatic rings. The van der Waals surface area contributed by atoms with E-state index in [0.29, 0.717) is 41.0 Å². The number of nitrogens with zero attached hydrogens (tertiary/aromatic N) is 1. The molecule has 0 saturated heterocycles. The van der Waals surface area contributed by atoms with Crippen molar-refractivity contribution in [3.05, 3.63) is 124 Å². The highest BCUT2D eigenvalue weighted by molar-refractivity contribution is 6.30. The minimum atomic E-state index is -0.323. The summed E-state index contributed by atoms with van der Waals surface area (Å²) in [5.41, 5.74) is 7.04. The van der Waals surface area contributed by atoms with Gasteiger partial charge in [-0.15, -0.1) is 0 Å². The maximum atomic E-state index is 12.5. The lowest BCUT2D eigenvalue weighted by Crippen LogP contribution is -2.17. The normalized spacial score (nSPS) is 10.8. The Kier molecular flexibility index (Phi) is 8.79. The number of carbonyl (C=O) groups is 1. The van der Waals surface area contributed by atoms with Crippen LogP contribution in [0.5, 0.6) is 17.2 Å². The Balaban J connectivity index is 1.29. The number of amides is 1. The third kappa shape index (κ3) is 7.59. The van der Waals surface area contributed by atoms with Crippen molar-refractivity contribution in [1.82, 2.24) is 5.43 Å². The number of nitrogens with one attached hydrogen (secondary N) is 1. The number of rotatable bonds is 10. The molecule has 4 aromatic carbocycles.